The SMILES string of the molecule is CCCOc1ccc(/C(O)=C2\C(=O)C(=O)N(CCN(CC)CC)C2c2ccc(OC(C)C)cc2)cc1. The van der Waals surface area contributed by atoms with Crippen LogP contribution in [0.25, 0.3) is 5.76 Å². The first-order valence-corrected chi connectivity index (χ1v) is 12.8. The predicted molar refractivity (Wildman–Crippen MR) is 141 cm³/mol. The number of hydrogen-bond donors (Lipinski definition) is 1. The van der Waals surface area contributed by atoms with E-state index in [1.165, 1.54) is 0 Å². The molecule has 1 atom stereocenters. The lowest BCUT2D eigenvalue weighted by Crippen LogP contribution is -2.38. The minimum Gasteiger partial charge on any atom is -0.507 e. The number of nitrogens with zero attached hydrogens (tertiary/aromatic N) is 2. The normalized spacial score (nSPS) is 17.3. The Morgan fingerprint density at radius 1 is 0.972 bits per heavy atom. The third-order valence-electron chi connectivity index (χ3n) is 6.26. The Hall–Kier alpha value is -3.32. The number of aliphatic hydroxyl groups is 1. The molecule has 1 amide bonds. The molecule has 1 saturated heterocycles. The lowest BCUT2D eigenvalue weighted by Gasteiger charge is -2.28. The molecule has 0 aromatic heterocycles. The van der Waals surface area contributed by atoms with Crippen LogP contribution in [0.15, 0.2) is 54.1 Å². The molecule has 194 valence electrons. The summed E-state index contributed by atoms with van der Waals surface area (Å²) in [5, 5.41) is 11.3. The van der Waals surface area contributed by atoms with Gasteiger partial charge in [-0.1, -0.05) is 32.9 Å². The monoisotopic (exact) mass is 494 g/mol. The molecule has 1 fully saturated rings. The molecule has 2 aromatic carbocycles. The van der Waals surface area contributed by atoms with Crippen molar-refractivity contribution in [1.82, 2.24) is 9.80 Å². The molecule has 0 bridgehead atoms. The van der Waals surface area contributed by atoms with Crippen molar-refractivity contribution in [3.8, 4) is 11.5 Å². The first kappa shape index (κ1) is 27.3. The van der Waals surface area contributed by atoms with Gasteiger partial charge in [0.05, 0.1) is 24.3 Å². The topological polar surface area (TPSA) is 79.3 Å². The van der Waals surface area contributed by atoms with Gasteiger partial charge in [0.1, 0.15) is 17.3 Å². The Labute approximate surface area is 214 Å². The maximum Gasteiger partial charge on any atom is 0.295 e. The molecule has 0 radical (unpaired) electrons. The quantitative estimate of drug-likeness (QED) is 0.253. The van der Waals surface area contributed by atoms with Crippen LogP contribution in [0.2, 0.25) is 0 Å². The van der Waals surface area contributed by atoms with Crippen LogP contribution in [0.1, 0.15) is 58.2 Å². The number of benzene rings is 2. The van der Waals surface area contributed by atoms with Crippen LogP contribution < -0.4 is 9.47 Å². The van der Waals surface area contributed by atoms with Gasteiger partial charge in [-0.05, 0) is 75.3 Å². The van der Waals surface area contributed by atoms with E-state index in [9.17, 15) is 14.7 Å². The van der Waals surface area contributed by atoms with E-state index in [-0.39, 0.29) is 17.4 Å². The third kappa shape index (κ3) is 6.26. The number of likely N-dealkylation sites (N-methyl/N-ethyl adjacent to an activating group) is 1. The molecule has 36 heavy (non-hydrogen) atoms. The number of carbonyl (C=O) groups is 2. The van der Waals surface area contributed by atoms with Gasteiger partial charge in [-0.15, -0.1) is 0 Å². The van der Waals surface area contributed by atoms with Gasteiger partial charge >= 0.3 is 0 Å². The van der Waals surface area contributed by atoms with Crippen molar-refractivity contribution in [2.75, 3.05) is 32.8 Å². The number of Topliss-reactive ketones (excluding diaryl/α,β-unsaturated/α-hetero) is 1. The second-order valence-electron chi connectivity index (χ2n) is 9.13. The van der Waals surface area contributed by atoms with Crippen LogP contribution in [0.5, 0.6) is 11.5 Å². The molecule has 2 aromatic rings. The van der Waals surface area contributed by atoms with Gasteiger partial charge in [-0.2, -0.15) is 0 Å². The van der Waals surface area contributed by atoms with E-state index in [1.807, 2.05) is 45.0 Å². The Kier molecular flexibility index (Phi) is 9.53. The summed E-state index contributed by atoms with van der Waals surface area (Å²) in [7, 11) is 0. The summed E-state index contributed by atoms with van der Waals surface area (Å²) in [4.78, 5) is 30.2. The number of carbonyl (C=O) groups excluding carboxylic acids is 2. The Bertz CT molecular complexity index is 1060. The number of ether oxygens (including phenoxy) is 2. The van der Waals surface area contributed by atoms with Crippen molar-refractivity contribution in [3.63, 3.8) is 0 Å². The summed E-state index contributed by atoms with van der Waals surface area (Å²) in [6.45, 7) is 13.4. The predicted octanol–water partition coefficient (Wildman–Crippen LogP) is 5.03. The van der Waals surface area contributed by atoms with Crippen LogP contribution in [0.3, 0.4) is 0 Å². The second kappa shape index (κ2) is 12.6. The molecule has 3 rings (SSSR count). The van der Waals surface area contributed by atoms with E-state index >= 15 is 0 Å². The Morgan fingerprint density at radius 3 is 2.14 bits per heavy atom. The number of amides is 1. The van der Waals surface area contributed by atoms with Crippen molar-refractivity contribution in [3.05, 3.63) is 65.2 Å². The summed E-state index contributed by atoms with van der Waals surface area (Å²) in [6, 6.07) is 13.6. The van der Waals surface area contributed by atoms with Crippen LogP contribution in [-0.2, 0) is 9.59 Å². The highest BCUT2D eigenvalue weighted by Crippen LogP contribution is 2.40. The molecular formula is C29H38N2O5. The molecule has 1 aliphatic heterocycles. The van der Waals surface area contributed by atoms with Gasteiger partial charge in [0.2, 0.25) is 0 Å². The first-order valence-electron chi connectivity index (χ1n) is 12.8. The van der Waals surface area contributed by atoms with Crippen LogP contribution in [-0.4, -0.2) is 65.5 Å². The fourth-order valence-electron chi connectivity index (χ4n) is 4.33. The molecule has 1 heterocycles. The summed E-state index contributed by atoms with van der Waals surface area (Å²) in [5.41, 5.74) is 1.30. The molecule has 1 unspecified atom stereocenters. The van der Waals surface area contributed by atoms with Crippen molar-refractivity contribution >= 4 is 17.4 Å². The van der Waals surface area contributed by atoms with E-state index in [0.717, 1.165) is 25.1 Å². The summed E-state index contributed by atoms with van der Waals surface area (Å²) in [5.74, 6) is -0.0694. The molecule has 0 spiro atoms. The number of aliphatic hydroxyl groups excluding tert-OH is 1. The van der Waals surface area contributed by atoms with Crippen LogP contribution >= 0.6 is 0 Å². The van der Waals surface area contributed by atoms with Gasteiger partial charge in [-0.25, -0.2) is 0 Å². The van der Waals surface area contributed by atoms with E-state index in [1.54, 1.807) is 29.2 Å². The molecular weight excluding hydrogens is 456 g/mol. The lowest BCUT2D eigenvalue weighted by molar-refractivity contribution is -0.140. The zero-order chi connectivity index (χ0) is 26.2. The second-order valence-corrected chi connectivity index (χ2v) is 9.13. The third-order valence-corrected chi connectivity index (χ3v) is 6.26. The van der Waals surface area contributed by atoms with Gasteiger partial charge in [-0.3, -0.25) is 9.59 Å². The smallest absolute Gasteiger partial charge is 0.295 e. The standard InChI is InChI=1S/C29H38N2O5/c1-6-19-35-23-13-11-22(12-14-23)27(32)25-26(21-9-15-24(16-10-21)36-20(4)5)31(29(34)28(25)33)18-17-30(7-2)8-3/h9-16,20,26,32H,6-8,17-19H2,1-5H3/b27-25+. The molecule has 7 nitrogen and oxygen atoms in total. The van der Waals surface area contributed by atoms with Gasteiger partial charge in [0.25, 0.3) is 11.7 Å². The molecule has 1 N–H and O–H groups in total. The average Bonchev–Trinajstić information content (AvgIpc) is 3.13. The van der Waals surface area contributed by atoms with Crippen LogP contribution in [0.4, 0.5) is 0 Å². The lowest BCUT2D eigenvalue weighted by atomic mass is 9.95. The van der Waals surface area contributed by atoms with E-state index in [2.05, 4.69) is 18.7 Å². The van der Waals surface area contributed by atoms with E-state index < -0.39 is 17.7 Å². The minimum absolute atomic E-state index is 0.0276. The highest BCUT2D eigenvalue weighted by atomic mass is 16.5. The average molecular weight is 495 g/mol. The maximum atomic E-state index is 13.2. The van der Waals surface area contributed by atoms with E-state index in [0.29, 0.717) is 36.8 Å². The number of rotatable bonds is 12. The molecule has 1 aliphatic rings. The summed E-state index contributed by atoms with van der Waals surface area (Å²) >= 11 is 0. The highest BCUT2D eigenvalue weighted by Gasteiger charge is 2.46. The summed E-state index contributed by atoms with van der Waals surface area (Å²) < 4.78 is 11.4. The Balaban J connectivity index is 2.02. The summed E-state index contributed by atoms with van der Waals surface area (Å²) in [6.07, 6.45) is 0.916. The van der Waals surface area contributed by atoms with Gasteiger partial charge in [0, 0.05) is 18.7 Å². The van der Waals surface area contributed by atoms with Crippen LogP contribution in [0, 0.1) is 0 Å². The number of likely N-dealkylation sites (tertiary alicyclic amines) is 1. The first-order chi connectivity index (χ1) is 17.3. The van der Waals surface area contributed by atoms with Gasteiger partial charge in [0.15, 0.2) is 0 Å². The van der Waals surface area contributed by atoms with Gasteiger partial charge < -0.3 is 24.4 Å². The molecule has 0 aliphatic carbocycles. The maximum absolute atomic E-state index is 13.2. The van der Waals surface area contributed by atoms with Crippen molar-refractivity contribution < 1.29 is 24.2 Å². The Morgan fingerprint density at radius 2 is 1.58 bits per heavy atom. The van der Waals surface area contributed by atoms with Crippen molar-refractivity contribution in [2.24, 2.45) is 0 Å². The number of hydrogen-bond acceptors (Lipinski definition) is 6. The van der Waals surface area contributed by atoms with Crippen molar-refractivity contribution in [2.45, 2.75) is 53.2 Å². The zero-order valence-electron chi connectivity index (χ0n) is 22.0. The van der Waals surface area contributed by atoms with E-state index in [4.69, 9.17) is 9.47 Å². The largest absolute Gasteiger partial charge is 0.507 e. The molecule has 7 heteroatoms. The minimum atomic E-state index is -0.690. The molecule has 0 saturated carbocycles. The zero-order valence-corrected chi connectivity index (χ0v) is 22.0. The highest BCUT2D eigenvalue weighted by molar-refractivity contribution is 6.46. The van der Waals surface area contributed by atoms with Crippen molar-refractivity contribution in [1.29, 1.82) is 0 Å². The fourth-order valence-corrected chi connectivity index (χ4v) is 4.33. The fraction of sp³-hybridized carbons (Fsp3) is 0.448. The number of ketones is 1.